The number of fused-ring (bicyclic) bond motifs is 9. The fourth-order valence-electron chi connectivity index (χ4n) is 7.23. The van der Waals surface area contributed by atoms with Gasteiger partial charge in [-0.15, -0.1) is 0 Å². The molecule has 0 amide bonds. The lowest BCUT2D eigenvalue weighted by Gasteiger charge is -2.27. The Morgan fingerprint density at radius 1 is 0.340 bits per heavy atom. The van der Waals surface area contributed by atoms with Gasteiger partial charge in [0.1, 0.15) is 22.3 Å². The Balaban J connectivity index is 1.22. The number of nitrogens with zero attached hydrogens (tertiary/aromatic N) is 1. The number of anilines is 3. The molecule has 10 aromatic rings. The Bertz CT molecular complexity index is 2810. The number of furan rings is 2. The molecule has 0 saturated carbocycles. The van der Waals surface area contributed by atoms with Gasteiger partial charge in [0.05, 0.1) is 11.1 Å². The minimum atomic E-state index is 0.871. The minimum absolute atomic E-state index is 0.871. The van der Waals surface area contributed by atoms with Crippen molar-refractivity contribution >= 4 is 82.5 Å². The Morgan fingerprint density at radius 3 is 1.87 bits per heavy atom. The summed E-state index contributed by atoms with van der Waals surface area (Å²) in [4.78, 5) is 2.37. The molecule has 0 unspecified atom stereocenters. The molecule has 0 N–H and O–H groups in total. The summed E-state index contributed by atoms with van der Waals surface area (Å²) in [7, 11) is 0. The van der Waals surface area contributed by atoms with Crippen LogP contribution in [-0.2, 0) is 0 Å². The van der Waals surface area contributed by atoms with Crippen molar-refractivity contribution in [3.05, 3.63) is 164 Å². The van der Waals surface area contributed by atoms with E-state index in [9.17, 15) is 0 Å². The summed E-state index contributed by atoms with van der Waals surface area (Å²) in [6.45, 7) is 0. The maximum atomic E-state index is 6.35. The van der Waals surface area contributed by atoms with E-state index in [1.165, 1.54) is 32.7 Å². The van der Waals surface area contributed by atoms with Crippen LogP contribution in [0.5, 0.6) is 0 Å². The van der Waals surface area contributed by atoms with Gasteiger partial charge in [-0.05, 0) is 93.3 Å². The van der Waals surface area contributed by atoms with E-state index >= 15 is 0 Å². The van der Waals surface area contributed by atoms with Gasteiger partial charge in [-0.3, -0.25) is 0 Å². The van der Waals surface area contributed by atoms with Crippen LogP contribution >= 0.6 is 0 Å². The lowest BCUT2D eigenvalue weighted by Crippen LogP contribution is -2.10. The lowest BCUT2D eigenvalue weighted by molar-refractivity contribution is 0.669. The number of hydrogen-bond acceptors (Lipinski definition) is 3. The van der Waals surface area contributed by atoms with E-state index in [4.69, 9.17) is 8.83 Å². The van der Waals surface area contributed by atoms with Crippen LogP contribution in [0.15, 0.2) is 173 Å². The quantitative estimate of drug-likeness (QED) is 0.188. The average Bonchev–Trinajstić information content (AvgIpc) is 3.69. The van der Waals surface area contributed by atoms with E-state index in [1.54, 1.807) is 0 Å². The summed E-state index contributed by atoms with van der Waals surface area (Å²) in [5, 5.41) is 9.25. The van der Waals surface area contributed by atoms with Gasteiger partial charge in [0, 0.05) is 27.5 Å². The average molecular weight is 602 g/mol. The summed E-state index contributed by atoms with van der Waals surface area (Å²) < 4.78 is 12.6. The minimum Gasteiger partial charge on any atom is -0.456 e. The standard InChI is InChI=1S/C44H27NO2/c1-2-10-28(11-3-1)29-12-8-13-32(24-29)45(39-16-9-19-42-44(39)36-15-5-7-18-41(36)46-42)33-22-23-34-30(25-33)20-21-31-26-43-38(27-37(31)34)35-14-4-6-17-40(35)47-43/h1-27H. The highest BCUT2D eigenvalue weighted by molar-refractivity contribution is 6.17. The predicted molar refractivity (Wildman–Crippen MR) is 196 cm³/mol. The second kappa shape index (κ2) is 10.1. The molecule has 0 aliphatic heterocycles. The molecule has 0 atom stereocenters. The van der Waals surface area contributed by atoms with E-state index in [1.807, 2.05) is 24.3 Å². The first-order valence-electron chi connectivity index (χ1n) is 15.9. The zero-order valence-electron chi connectivity index (χ0n) is 25.4. The van der Waals surface area contributed by atoms with Crippen molar-refractivity contribution in [3.63, 3.8) is 0 Å². The molecule has 0 aliphatic rings. The van der Waals surface area contributed by atoms with Crippen LogP contribution in [0.25, 0.3) is 76.5 Å². The number of benzene rings is 8. The summed E-state index contributed by atoms with van der Waals surface area (Å²) in [6, 6.07) is 58.0. The highest BCUT2D eigenvalue weighted by atomic mass is 16.3. The Labute approximate surface area is 270 Å². The van der Waals surface area contributed by atoms with Crippen LogP contribution < -0.4 is 4.90 Å². The number of para-hydroxylation sites is 2. The molecule has 3 nitrogen and oxygen atoms in total. The topological polar surface area (TPSA) is 29.5 Å². The normalized spacial score (nSPS) is 11.8. The van der Waals surface area contributed by atoms with Crippen molar-refractivity contribution in [3.8, 4) is 11.1 Å². The molecule has 0 aliphatic carbocycles. The van der Waals surface area contributed by atoms with Crippen LogP contribution in [0.2, 0.25) is 0 Å². The summed E-state index contributed by atoms with van der Waals surface area (Å²) in [5.74, 6) is 0. The van der Waals surface area contributed by atoms with Crippen molar-refractivity contribution in [2.75, 3.05) is 4.90 Å². The maximum absolute atomic E-state index is 6.35. The first kappa shape index (κ1) is 26.0. The predicted octanol–water partition coefficient (Wildman–Crippen LogP) is 12.9. The largest absolute Gasteiger partial charge is 0.456 e. The fraction of sp³-hybridized carbons (Fsp3) is 0. The van der Waals surface area contributed by atoms with Crippen molar-refractivity contribution in [2.45, 2.75) is 0 Å². The summed E-state index contributed by atoms with van der Waals surface area (Å²) in [6.07, 6.45) is 0. The van der Waals surface area contributed by atoms with Gasteiger partial charge in [-0.25, -0.2) is 0 Å². The smallest absolute Gasteiger partial charge is 0.137 e. The molecule has 0 fully saturated rings. The Hall–Kier alpha value is -6.32. The van der Waals surface area contributed by atoms with Crippen molar-refractivity contribution in [2.24, 2.45) is 0 Å². The van der Waals surface area contributed by atoms with Gasteiger partial charge in [0.15, 0.2) is 0 Å². The second-order valence-corrected chi connectivity index (χ2v) is 12.1. The fourth-order valence-corrected chi connectivity index (χ4v) is 7.23. The third-order valence-electron chi connectivity index (χ3n) is 9.41. The number of hydrogen-bond donors (Lipinski definition) is 0. The molecule has 3 heteroatoms. The van der Waals surface area contributed by atoms with E-state index < -0.39 is 0 Å². The molecule has 0 radical (unpaired) electrons. The van der Waals surface area contributed by atoms with Gasteiger partial charge in [-0.1, -0.05) is 103 Å². The molecular formula is C44H27NO2. The monoisotopic (exact) mass is 601 g/mol. The van der Waals surface area contributed by atoms with Gasteiger partial charge < -0.3 is 13.7 Å². The van der Waals surface area contributed by atoms with E-state index in [0.717, 1.165) is 60.9 Å². The van der Waals surface area contributed by atoms with Crippen molar-refractivity contribution in [1.29, 1.82) is 0 Å². The van der Waals surface area contributed by atoms with Crippen molar-refractivity contribution < 1.29 is 8.83 Å². The summed E-state index contributed by atoms with van der Waals surface area (Å²) in [5.41, 5.74) is 9.17. The lowest BCUT2D eigenvalue weighted by atomic mass is 9.98. The van der Waals surface area contributed by atoms with Gasteiger partial charge >= 0.3 is 0 Å². The molecule has 220 valence electrons. The first-order chi connectivity index (χ1) is 23.3. The Kier molecular flexibility index (Phi) is 5.57. The Morgan fingerprint density at radius 2 is 1.00 bits per heavy atom. The third-order valence-corrected chi connectivity index (χ3v) is 9.41. The molecule has 10 rings (SSSR count). The van der Waals surface area contributed by atoms with Crippen LogP contribution in [0, 0.1) is 0 Å². The molecular weight excluding hydrogens is 574 g/mol. The molecule has 47 heavy (non-hydrogen) atoms. The zero-order chi connectivity index (χ0) is 30.9. The molecule has 0 spiro atoms. The molecule has 8 aromatic carbocycles. The SMILES string of the molecule is c1ccc(-c2cccc(N(c3ccc4c(ccc5cc6oc7ccccc7c6cc54)c3)c3cccc4oc5ccccc5c34)c2)cc1. The van der Waals surface area contributed by atoms with Crippen LogP contribution in [0.3, 0.4) is 0 Å². The van der Waals surface area contributed by atoms with Crippen LogP contribution in [0.4, 0.5) is 17.1 Å². The summed E-state index contributed by atoms with van der Waals surface area (Å²) >= 11 is 0. The highest BCUT2D eigenvalue weighted by Crippen LogP contribution is 2.45. The zero-order valence-corrected chi connectivity index (χ0v) is 25.4. The van der Waals surface area contributed by atoms with E-state index in [2.05, 4.69) is 144 Å². The highest BCUT2D eigenvalue weighted by Gasteiger charge is 2.20. The molecule has 2 aromatic heterocycles. The third kappa shape index (κ3) is 4.07. The van der Waals surface area contributed by atoms with Gasteiger partial charge in [0.2, 0.25) is 0 Å². The number of rotatable bonds is 4. The van der Waals surface area contributed by atoms with E-state index in [-0.39, 0.29) is 0 Å². The molecule has 0 saturated heterocycles. The molecule has 2 heterocycles. The second-order valence-electron chi connectivity index (χ2n) is 12.1. The van der Waals surface area contributed by atoms with Gasteiger partial charge in [-0.2, -0.15) is 0 Å². The van der Waals surface area contributed by atoms with E-state index in [0.29, 0.717) is 0 Å². The van der Waals surface area contributed by atoms with Crippen LogP contribution in [0.1, 0.15) is 0 Å². The van der Waals surface area contributed by atoms with Crippen LogP contribution in [-0.4, -0.2) is 0 Å². The molecule has 0 bridgehead atoms. The van der Waals surface area contributed by atoms with Crippen molar-refractivity contribution in [1.82, 2.24) is 0 Å². The maximum Gasteiger partial charge on any atom is 0.137 e. The first-order valence-corrected chi connectivity index (χ1v) is 15.9. The van der Waals surface area contributed by atoms with Gasteiger partial charge in [0.25, 0.3) is 0 Å².